The van der Waals surface area contributed by atoms with Gasteiger partial charge in [-0.05, 0) is 32.9 Å². The maximum absolute atomic E-state index is 13.2. The van der Waals surface area contributed by atoms with Crippen LogP contribution < -0.4 is 9.47 Å². The van der Waals surface area contributed by atoms with Crippen molar-refractivity contribution in [3.05, 3.63) is 24.0 Å². The lowest BCUT2D eigenvalue weighted by molar-refractivity contribution is -0.150. The SMILES string of the molecule is CCOC(=O)C(C)C(C)Oc1ccc(F)c(OC)c1. The molecule has 1 aromatic carbocycles. The van der Waals surface area contributed by atoms with Gasteiger partial charge in [0.1, 0.15) is 11.9 Å². The van der Waals surface area contributed by atoms with Gasteiger partial charge in [-0.25, -0.2) is 4.39 Å². The van der Waals surface area contributed by atoms with Gasteiger partial charge in [0, 0.05) is 6.07 Å². The molecular weight excluding hydrogens is 251 g/mol. The highest BCUT2D eigenvalue weighted by Gasteiger charge is 2.23. The summed E-state index contributed by atoms with van der Waals surface area (Å²) in [6.45, 7) is 5.57. The van der Waals surface area contributed by atoms with Crippen molar-refractivity contribution in [1.29, 1.82) is 0 Å². The number of benzene rings is 1. The molecule has 0 saturated heterocycles. The van der Waals surface area contributed by atoms with Crippen molar-refractivity contribution >= 4 is 5.97 Å². The lowest BCUT2D eigenvalue weighted by Crippen LogP contribution is -2.29. The smallest absolute Gasteiger partial charge is 0.312 e. The molecule has 4 nitrogen and oxygen atoms in total. The average Bonchev–Trinajstić information content (AvgIpc) is 2.40. The molecule has 0 bridgehead atoms. The molecule has 1 rings (SSSR count). The maximum atomic E-state index is 13.2. The molecule has 0 heterocycles. The fraction of sp³-hybridized carbons (Fsp3) is 0.500. The first-order valence-electron chi connectivity index (χ1n) is 6.16. The van der Waals surface area contributed by atoms with Crippen LogP contribution in [-0.2, 0) is 9.53 Å². The van der Waals surface area contributed by atoms with Crippen LogP contribution in [0, 0.1) is 11.7 Å². The Hall–Kier alpha value is -1.78. The quantitative estimate of drug-likeness (QED) is 0.746. The van der Waals surface area contributed by atoms with Gasteiger partial charge in [-0.2, -0.15) is 0 Å². The normalized spacial score (nSPS) is 13.5. The van der Waals surface area contributed by atoms with Gasteiger partial charge in [0.2, 0.25) is 0 Å². The summed E-state index contributed by atoms with van der Waals surface area (Å²) in [6, 6.07) is 4.20. The first-order chi connectivity index (χ1) is 8.99. The Bertz CT molecular complexity index is 433. The Morgan fingerprint density at radius 1 is 1.37 bits per heavy atom. The molecule has 0 aliphatic carbocycles. The third kappa shape index (κ3) is 4.12. The van der Waals surface area contributed by atoms with Crippen LogP contribution in [0.3, 0.4) is 0 Å². The van der Waals surface area contributed by atoms with Gasteiger partial charge >= 0.3 is 5.97 Å². The first-order valence-corrected chi connectivity index (χ1v) is 6.16. The van der Waals surface area contributed by atoms with E-state index >= 15 is 0 Å². The van der Waals surface area contributed by atoms with E-state index in [1.165, 1.54) is 25.3 Å². The molecule has 1 aromatic rings. The molecule has 0 aliphatic rings. The van der Waals surface area contributed by atoms with E-state index in [1.807, 2.05) is 0 Å². The number of carbonyl (C=O) groups is 1. The number of hydrogen-bond acceptors (Lipinski definition) is 4. The van der Waals surface area contributed by atoms with E-state index in [4.69, 9.17) is 14.2 Å². The molecule has 0 aromatic heterocycles. The van der Waals surface area contributed by atoms with Crippen molar-refractivity contribution in [2.45, 2.75) is 26.9 Å². The van der Waals surface area contributed by atoms with Crippen LogP contribution in [0.25, 0.3) is 0 Å². The fourth-order valence-corrected chi connectivity index (χ4v) is 1.50. The molecule has 0 saturated carbocycles. The largest absolute Gasteiger partial charge is 0.494 e. The number of esters is 1. The van der Waals surface area contributed by atoms with Gasteiger partial charge in [0.15, 0.2) is 11.6 Å². The zero-order valence-electron chi connectivity index (χ0n) is 11.6. The molecular formula is C14H19FO4. The number of halogens is 1. The third-order valence-electron chi connectivity index (χ3n) is 2.81. The minimum absolute atomic E-state index is 0.105. The van der Waals surface area contributed by atoms with Crippen molar-refractivity contribution in [1.82, 2.24) is 0 Å². The molecule has 106 valence electrons. The van der Waals surface area contributed by atoms with Crippen LogP contribution in [0.15, 0.2) is 18.2 Å². The lowest BCUT2D eigenvalue weighted by Gasteiger charge is -2.20. The van der Waals surface area contributed by atoms with Crippen LogP contribution in [0.2, 0.25) is 0 Å². The topological polar surface area (TPSA) is 44.8 Å². The summed E-state index contributed by atoms with van der Waals surface area (Å²) in [4.78, 5) is 11.6. The minimum Gasteiger partial charge on any atom is -0.494 e. The average molecular weight is 270 g/mol. The molecule has 2 unspecified atom stereocenters. The molecule has 5 heteroatoms. The monoisotopic (exact) mass is 270 g/mol. The van der Waals surface area contributed by atoms with Crippen molar-refractivity contribution < 1.29 is 23.4 Å². The standard InChI is InChI=1S/C14H19FO4/c1-5-18-14(16)9(2)10(3)19-11-6-7-12(15)13(8-11)17-4/h6-10H,5H2,1-4H3. The van der Waals surface area contributed by atoms with Gasteiger partial charge in [-0.15, -0.1) is 0 Å². The highest BCUT2D eigenvalue weighted by atomic mass is 19.1. The van der Waals surface area contributed by atoms with Crippen LogP contribution in [0.4, 0.5) is 4.39 Å². The third-order valence-corrected chi connectivity index (χ3v) is 2.81. The Morgan fingerprint density at radius 3 is 2.63 bits per heavy atom. The van der Waals surface area contributed by atoms with Crippen molar-refractivity contribution in [3.63, 3.8) is 0 Å². The Morgan fingerprint density at radius 2 is 2.05 bits per heavy atom. The second-order valence-electron chi connectivity index (χ2n) is 4.16. The van der Waals surface area contributed by atoms with E-state index in [2.05, 4.69) is 0 Å². The predicted molar refractivity (Wildman–Crippen MR) is 68.8 cm³/mol. The predicted octanol–water partition coefficient (Wildman–Crippen LogP) is 2.80. The van der Waals surface area contributed by atoms with E-state index < -0.39 is 11.7 Å². The molecule has 0 N–H and O–H groups in total. The number of hydrogen-bond donors (Lipinski definition) is 0. The second-order valence-corrected chi connectivity index (χ2v) is 4.16. The molecule has 0 radical (unpaired) electrons. The molecule has 0 aliphatic heterocycles. The second kappa shape index (κ2) is 6.97. The zero-order chi connectivity index (χ0) is 14.4. The summed E-state index contributed by atoms with van der Waals surface area (Å²) in [7, 11) is 1.38. The minimum atomic E-state index is -0.457. The summed E-state index contributed by atoms with van der Waals surface area (Å²) in [5.41, 5.74) is 0. The van der Waals surface area contributed by atoms with Crippen molar-refractivity contribution in [2.75, 3.05) is 13.7 Å². The summed E-state index contributed by atoms with van der Waals surface area (Å²) in [5.74, 6) is -0.628. The fourth-order valence-electron chi connectivity index (χ4n) is 1.50. The molecule has 0 amide bonds. The summed E-state index contributed by atoms with van der Waals surface area (Å²) < 4.78 is 28.6. The van der Waals surface area contributed by atoms with E-state index in [0.29, 0.717) is 12.4 Å². The van der Waals surface area contributed by atoms with Gasteiger partial charge in [-0.3, -0.25) is 4.79 Å². The van der Waals surface area contributed by atoms with Crippen molar-refractivity contribution in [2.24, 2.45) is 5.92 Å². The zero-order valence-corrected chi connectivity index (χ0v) is 11.6. The summed E-state index contributed by atoms with van der Waals surface area (Å²) in [6.07, 6.45) is -0.380. The number of ether oxygens (including phenoxy) is 3. The van der Waals surface area contributed by atoms with Gasteiger partial charge in [0.25, 0.3) is 0 Å². The molecule has 0 fully saturated rings. The van der Waals surface area contributed by atoms with Gasteiger partial charge < -0.3 is 14.2 Å². The van der Waals surface area contributed by atoms with E-state index in [0.717, 1.165) is 0 Å². The molecule has 0 spiro atoms. The maximum Gasteiger partial charge on any atom is 0.312 e. The van der Waals surface area contributed by atoms with Crippen LogP contribution in [0.5, 0.6) is 11.5 Å². The number of rotatable bonds is 6. The van der Waals surface area contributed by atoms with E-state index in [9.17, 15) is 9.18 Å². The van der Waals surface area contributed by atoms with Crippen molar-refractivity contribution in [3.8, 4) is 11.5 Å². The van der Waals surface area contributed by atoms with Crippen LogP contribution >= 0.6 is 0 Å². The number of carbonyl (C=O) groups excluding carboxylic acids is 1. The highest BCUT2D eigenvalue weighted by molar-refractivity contribution is 5.72. The molecule has 2 atom stereocenters. The Labute approximate surface area is 112 Å². The summed E-state index contributed by atoms with van der Waals surface area (Å²) in [5, 5.41) is 0. The van der Waals surface area contributed by atoms with Crippen LogP contribution in [-0.4, -0.2) is 25.8 Å². The molecule has 19 heavy (non-hydrogen) atoms. The van der Waals surface area contributed by atoms with E-state index in [-0.39, 0.29) is 17.8 Å². The van der Waals surface area contributed by atoms with Crippen LogP contribution in [0.1, 0.15) is 20.8 Å². The van der Waals surface area contributed by atoms with Gasteiger partial charge in [-0.1, -0.05) is 0 Å². The highest BCUT2D eigenvalue weighted by Crippen LogP contribution is 2.25. The number of methoxy groups -OCH3 is 1. The summed E-state index contributed by atoms with van der Waals surface area (Å²) >= 11 is 0. The van der Waals surface area contributed by atoms with E-state index in [1.54, 1.807) is 20.8 Å². The Kier molecular flexibility index (Phi) is 5.60. The Balaban J connectivity index is 2.71. The first kappa shape index (κ1) is 15.3. The lowest BCUT2D eigenvalue weighted by atomic mass is 10.1. The van der Waals surface area contributed by atoms with Gasteiger partial charge in [0.05, 0.1) is 19.6 Å².